The third-order valence-corrected chi connectivity index (χ3v) is 3.33. The quantitative estimate of drug-likeness (QED) is 0.521. The van der Waals surface area contributed by atoms with Crippen LogP contribution in [-0.2, 0) is 9.53 Å². The van der Waals surface area contributed by atoms with E-state index in [0.29, 0.717) is 12.3 Å². The highest BCUT2D eigenvalue weighted by atomic mass is 35.5. The molecule has 1 aliphatic rings. The fourth-order valence-electron chi connectivity index (χ4n) is 2.11. The van der Waals surface area contributed by atoms with E-state index < -0.39 is 0 Å². The lowest BCUT2D eigenvalue weighted by molar-refractivity contribution is -0.135. The summed E-state index contributed by atoms with van der Waals surface area (Å²) in [6.45, 7) is 4.59. The summed E-state index contributed by atoms with van der Waals surface area (Å²) in [6.07, 6.45) is 5.91. The van der Waals surface area contributed by atoms with Crippen molar-refractivity contribution in [2.24, 2.45) is 0 Å². The van der Waals surface area contributed by atoms with Crippen LogP contribution in [0.2, 0.25) is 0 Å². The fraction of sp³-hybridized carbons (Fsp3) is 0.923. The minimum Gasteiger partial charge on any atom is -0.376 e. The Hall–Kier alpha value is -0.280. The van der Waals surface area contributed by atoms with Gasteiger partial charge in [0, 0.05) is 32.0 Å². The lowest BCUT2D eigenvalue weighted by atomic mass is 10.1. The molecule has 1 saturated heterocycles. The van der Waals surface area contributed by atoms with Gasteiger partial charge in [-0.2, -0.15) is 0 Å². The number of piperidine rings is 1. The third kappa shape index (κ3) is 5.73. The molecule has 1 fully saturated rings. The lowest BCUT2D eigenvalue weighted by Crippen LogP contribution is -2.43. The molecule has 100 valence electrons. The average Bonchev–Trinajstić information content (AvgIpc) is 2.37. The average molecular weight is 262 g/mol. The number of amides is 1. The Labute approximate surface area is 109 Å². The number of likely N-dealkylation sites (tertiary alicyclic amines) is 1. The lowest BCUT2D eigenvalue weighted by Gasteiger charge is -2.32. The van der Waals surface area contributed by atoms with Crippen molar-refractivity contribution in [3.8, 4) is 0 Å². The van der Waals surface area contributed by atoms with Crippen molar-refractivity contribution < 1.29 is 9.53 Å². The molecule has 0 aromatic heterocycles. The van der Waals surface area contributed by atoms with E-state index in [9.17, 15) is 4.79 Å². The zero-order chi connectivity index (χ0) is 12.5. The first-order chi connectivity index (χ1) is 8.27. The van der Waals surface area contributed by atoms with Gasteiger partial charge in [0.2, 0.25) is 5.91 Å². The van der Waals surface area contributed by atoms with Crippen LogP contribution in [0.15, 0.2) is 0 Å². The van der Waals surface area contributed by atoms with Gasteiger partial charge in [-0.1, -0.05) is 6.92 Å². The second kappa shape index (κ2) is 8.76. The van der Waals surface area contributed by atoms with E-state index in [0.717, 1.165) is 51.8 Å². The van der Waals surface area contributed by atoms with Crippen LogP contribution in [0.4, 0.5) is 0 Å². The van der Waals surface area contributed by atoms with Crippen molar-refractivity contribution in [1.29, 1.82) is 0 Å². The van der Waals surface area contributed by atoms with Gasteiger partial charge in [-0.15, -0.1) is 11.6 Å². The number of carbonyl (C=O) groups is 1. The van der Waals surface area contributed by atoms with E-state index in [1.54, 1.807) is 0 Å². The van der Waals surface area contributed by atoms with Crippen LogP contribution in [0.5, 0.6) is 0 Å². The molecule has 1 unspecified atom stereocenters. The number of rotatable bonds is 7. The number of nitrogens with zero attached hydrogens (tertiary/aromatic N) is 1. The molecular formula is C13H24ClNO2. The number of carbonyl (C=O) groups excluding carboxylic acids is 1. The number of unbranched alkanes of at least 4 members (excludes halogenated alkanes) is 1. The Balaban J connectivity index is 2.25. The minimum absolute atomic E-state index is 0.251. The van der Waals surface area contributed by atoms with E-state index in [-0.39, 0.29) is 12.0 Å². The molecule has 0 saturated carbocycles. The molecular weight excluding hydrogens is 238 g/mol. The van der Waals surface area contributed by atoms with E-state index in [2.05, 4.69) is 6.92 Å². The first-order valence-corrected chi connectivity index (χ1v) is 7.26. The molecule has 4 heteroatoms. The van der Waals surface area contributed by atoms with Crippen LogP contribution in [0, 0.1) is 0 Å². The predicted octanol–water partition coefficient (Wildman–Crippen LogP) is 2.81. The molecule has 0 spiro atoms. The molecule has 1 atom stereocenters. The summed E-state index contributed by atoms with van der Waals surface area (Å²) in [6, 6.07) is 0. The standard InChI is InChI=1S/C13H24ClNO2/c1-2-10-17-12-6-5-9-15(11-12)13(16)7-3-4-8-14/h12H,2-11H2,1H3. The highest BCUT2D eigenvalue weighted by Gasteiger charge is 2.23. The number of ether oxygens (including phenoxy) is 1. The molecule has 0 bridgehead atoms. The summed E-state index contributed by atoms with van der Waals surface area (Å²) in [5, 5.41) is 0. The molecule has 1 heterocycles. The van der Waals surface area contributed by atoms with Crippen molar-refractivity contribution in [2.75, 3.05) is 25.6 Å². The smallest absolute Gasteiger partial charge is 0.222 e. The van der Waals surface area contributed by atoms with Crippen molar-refractivity contribution in [1.82, 2.24) is 4.90 Å². The van der Waals surface area contributed by atoms with Crippen LogP contribution >= 0.6 is 11.6 Å². The number of alkyl halides is 1. The van der Waals surface area contributed by atoms with Crippen LogP contribution in [0.1, 0.15) is 45.4 Å². The summed E-state index contributed by atoms with van der Waals surface area (Å²) >= 11 is 5.61. The van der Waals surface area contributed by atoms with Crippen LogP contribution in [-0.4, -0.2) is 42.5 Å². The van der Waals surface area contributed by atoms with Gasteiger partial charge >= 0.3 is 0 Å². The van der Waals surface area contributed by atoms with Crippen molar-refractivity contribution in [2.45, 2.75) is 51.6 Å². The zero-order valence-corrected chi connectivity index (χ0v) is 11.5. The maximum atomic E-state index is 11.9. The Morgan fingerprint density at radius 3 is 3.00 bits per heavy atom. The van der Waals surface area contributed by atoms with Crippen molar-refractivity contribution in [3.63, 3.8) is 0 Å². The second-order valence-electron chi connectivity index (χ2n) is 4.62. The summed E-state index contributed by atoms with van der Waals surface area (Å²) in [5.74, 6) is 0.912. The molecule has 1 rings (SSSR count). The largest absolute Gasteiger partial charge is 0.376 e. The highest BCUT2D eigenvalue weighted by Crippen LogP contribution is 2.15. The Bertz CT molecular complexity index is 223. The van der Waals surface area contributed by atoms with Crippen molar-refractivity contribution >= 4 is 17.5 Å². The highest BCUT2D eigenvalue weighted by molar-refractivity contribution is 6.17. The molecule has 0 N–H and O–H groups in total. The summed E-state index contributed by atoms with van der Waals surface area (Å²) in [5.41, 5.74) is 0. The monoisotopic (exact) mass is 261 g/mol. The number of hydrogen-bond donors (Lipinski definition) is 0. The molecule has 0 aliphatic carbocycles. The number of halogens is 1. The van der Waals surface area contributed by atoms with Crippen molar-refractivity contribution in [3.05, 3.63) is 0 Å². The van der Waals surface area contributed by atoms with E-state index >= 15 is 0 Å². The molecule has 0 aromatic rings. The van der Waals surface area contributed by atoms with Crippen LogP contribution in [0.3, 0.4) is 0 Å². The van der Waals surface area contributed by atoms with Gasteiger partial charge in [0.05, 0.1) is 6.10 Å². The van der Waals surface area contributed by atoms with Gasteiger partial charge in [0.15, 0.2) is 0 Å². The first-order valence-electron chi connectivity index (χ1n) is 6.73. The van der Waals surface area contributed by atoms with Gasteiger partial charge < -0.3 is 9.64 Å². The summed E-state index contributed by atoms with van der Waals surface area (Å²) in [4.78, 5) is 13.9. The van der Waals surface area contributed by atoms with Gasteiger partial charge in [-0.05, 0) is 32.1 Å². The topological polar surface area (TPSA) is 29.5 Å². The third-order valence-electron chi connectivity index (χ3n) is 3.06. The summed E-state index contributed by atoms with van der Waals surface area (Å²) in [7, 11) is 0. The second-order valence-corrected chi connectivity index (χ2v) is 5.00. The summed E-state index contributed by atoms with van der Waals surface area (Å²) < 4.78 is 5.72. The van der Waals surface area contributed by atoms with E-state index in [1.165, 1.54) is 0 Å². The Morgan fingerprint density at radius 2 is 2.29 bits per heavy atom. The predicted molar refractivity (Wildman–Crippen MR) is 70.4 cm³/mol. The van der Waals surface area contributed by atoms with Gasteiger partial charge in [-0.25, -0.2) is 0 Å². The zero-order valence-electron chi connectivity index (χ0n) is 10.8. The Morgan fingerprint density at radius 1 is 1.47 bits per heavy atom. The molecule has 1 aliphatic heterocycles. The SMILES string of the molecule is CCCOC1CCCN(C(=O)CCCCCl)C1. The van der Waals surface area contributed by atoms with E-state index in [4.69, 9.17) is 16.3 Å². The molecule has 0 radical (unpaired) electrons. The maximum absolute atomic E-state index is 11.9. The van der Waals surface area contributed by atoms with E-state index in [1.807, 2.05) is 4.90 Å². The molecule has 3 nitrogen and oxygen atoms in total. The van der Waals surface area contributed by atoms with Gasteiger partial charge in [0.25, 0.3) is 0 Å². The first kappa shape index (κ1) is 14.8. The molecule has 0 aromatic carbocycles. The Kier molecular flexibility index (Phi) is 7.62. The van der Waals surface area contributed by atoms with Crippen LogP contribution < -0.4 is 0 Å². The molecule has 1 amide bonds. The minimum atomic E-state index is 0.251. The van der Waals surface area contributed by atoms with Gasteiger partial charge in [0.1, 0.15) is 0 Å². The number of hydrogen-bond acceptors (Lipinski definition) is 2. The fourth-order valence-corrected chi connectivity index (χ4v) is 2.30. The van der Waals surface area contributed by atoms with Gasteiger partial charge in [-0.3, -0.25) is 4.79 Å². The van der Waals surface area contributed by atoms with Crippen LogP contribution in [0.25, 0.3) is 0 Å². The normalized spacial score (nSPS) is 20.6. The maximum Gasteiger partial charge on any atom is 0.222 e. The molecule has 17 heavy (non-hydrogen) atoms.